The summed E-state index contributed by atoms with van der Waals surface area (Å²) in [6.07, 6.45) is 3.95. The molecule has 1 amide bonds. The van der Waals surface area contributed by atoms with Gasteiger partial charge in [-0.25, -0.2) is 14.4 Å². The van der Waals surface area contributed by atoms with Crippen molar-refractivity contribution in [3.8, 4) is 5.69 Å². The van der Waals surface area contributed by atoms with Gasteiger partial charge >= 0.3 is 0 Å². The molecule has 0 atom stereocenters. The number of aryl methyl sites for hydroxylation is 1. The fraction of sp³-hybridized carbons (Fsp3) is 0.105. The third-order valence-corrected chi connectivity index (χ3v) is 4.99. The van der Waals surface area contributed by atoms with Crippen LogP contribution < -0.4 is 5.32 Å². The van der Waals surface area contributed by atoms with Crippen molar-refractivity contribution in [1.82, 2.24) is 14.5 Å². The number of hydrogen-bond acceptors (Lipinski definition) is 4. The number of benzene rings is 2. The van der Waals surface area contributed by atoms with Crippen molar-refractivity contribution in [2.75, 3.05) is 5.32 Å². The Morgan fingerprint density at radius 2 is 2.04 bits per heavy atom. The van der Waals surface area contributed by atoms with Crippen LogP contribution in [0.4, 0.5) is 9.52 Å². The number of carbonyl (C=O) groups excluding carboxylic acids is 1. The Hall–Kier alpha value is -3.06. The van der Waals surface area contributed by atoms with Crippen LogP contribution in [0.25, 0.3) is 15.9 Å². The van der Waals surface area contributed by atoms with Crippen LogP contribution in [-0.4, -0.2) is 20.4 Å². The van der Waals surface area contributed by atoms with Crippen LogP contribution >= 0.6 is 11.3 Å². The van der Waals surface area contributed by atoms with Crippen LogP contribution in [0.1, 0.15) is 23.0 Å². The summed E-state index contributed by atoms with van der Waals surface area (Å²) in [4.78, 5) is 21.2. The molecule has 0 fully saturated rings. The number of nitrogens with one attached hydrogen (secondary N) is 1. The Morgan fingerprint density at radius 1 is 1.23 bits per heavy atom. The first-order chi connectivity index (χ1) is 12.6. The summed E-state index contributed by atoms with van der Waals surface area (Å²) in [5.74, 6) is -0.651. The van der Waals surface area contributed by atoms with Crippen molar-refractivity contribution in [3.63, 3.8) is 0 Å². The molecule has 2 aromatic carbocycles. The molecule has 5 nitrogen and oxygen atoms in total. The molecule has 0 aliphatic carbocycles. The van der Waals surface area contributed by atoms with Crippen molar-refractivity contribution in [1.29, 1.82) is 0 Å². The SMILES string of the molecule is CCc1ccc2nc(NC(=O)c3cncn3-c3ccc(F)cc3)sc2c1. The molecule has 0 aliphatic heterocycles. The van der Waals surface area contributed by atoms with E-state index in [1.54, 1.807) is 16.7 Å². The van der Waals surface area contributed by atoms with Crippen LogP contribution in [0.5, 0.6) is 0 Å². The third-order valence-electron chi connectivity index (χ3n) is 4.06. The first-order valence-corrected chi connectivity index (χ1v) is 8.95. The van der Waals surface area contributed by atoms with Crippen LogP contribution in [0.15, 0.2) is 55.0 Å². The number of imidazole rings is 1. The largest absolute Gasteiger partial charge is 0.296 e. The van der Waals surface area contributed by atoms with Crippen LogP contribution in [0, 0.1) is 5.82 Å². The van der Waals surface area contributed by atoms with E-state index in [0.717, 1.165) is 16.6 Å². The predicted molar refractivity (Wildman–Crippen MR) is 100 cm³/mol. The van der Waals surface area contributed by atoms with E-state index >= 15 is 0 Å². The molecule has 0 saturated carbocycles. The van der Waals surface area contributed by atoms with Gasteiger partial charge in [-0.3, -0.25) is 14.7 Å². The zero-order valence-corrected chi connectivity index (χ0v) is 14.8. The fourth-order valence-electron chi connectivity index (χ4n) is 2.67. The van der Waals surface area contributed by atoms with Crippen molar-refractivity contribution in [2.45, 2.75) is 13.3 Å². The Balaban J connectivity index is 1.61. The van der Waals surface area contributed by atoms with Crippen LogP contribution in [0.2, 0.25) is 0 Å². The zero-order valence-electron chi connectivity index (χ0n) is 13.9. The molecule has 2 aromatic heterocycles. The van der Waals surface area contributed by atoms with Gasteiger partial charge < -0.3 is 0 Å². The second-order valence-corrected chi connectivity index (χ2v) is 6.78. The maximum absolute atomic E-state index is 13.1. The standard InChI is InChI=1S/C19H15FN4OS/c1-2-12-3-8-15-17(9-12)26-19(22-15)23-18(25)16-10-21-11-24(16)14-6-4-13(20)5-7-14/h3-11H,2H2,1H3,(H,22,23,25). The van der Waals surface area contributed by atoms with Gasteiger partial charge in [-0.1, -0.05) is 24.3 Å². The lowest BCUT2D eigenvalue weighted by Crippen LogP contribution is -2.15. The number of fused-ring (bicyclic) bond motifs is 1. The average Bonchev–Trinajstić information content (AvgIpc) is 3.28. The molecule has 0 bridgehead atoms. The van der Waals surface area contributed by atoms with Gasteiger partial charge in [-0.05, 0) is 48.4 Å². The highest BCUT2D eigenvalue weighted by molar-refractivity contribution is 7.22. The molecule has 0 aliphatic rings. The van der Waals surface area contributed by atoms with Crippen LogP contribution in [-0.2, 0) is 6.42 Å². The number of rotatable bonds is 4. The molecule has 130 valence electrons. The zero-order chi connectivity index (χ0) is 18.1. The molecule has 4 aromatic rings. The smallest absolute Gasteiger partial charge is 0.276 e. The molecule has 1 N–H and O–H groups in total. The van der Waals surface area contributed by atoms with Gasteiger partial charge in [0.2, 0.25) is 0 Å². The molecule has 0 spiro atoms. The van der Waals surface area contributed by atoms with E-state index in [1.807, 2.05) is 12.1 Å². The van der Waals surface area contributed by atoms with Gasteiger partial charge in [0.1, 0.15) is 11.5 Å². The van der Waals surface area contributed by atoms with E-state index < -0.39 is 0 Å². The normalized spacial score (nSPS) is 11.0. The minimum absolute atomic E-state index is 0.318. The summed E-state index contributed by atoms with van der Waals surface area (Å²) in [6.45, 7) is 2.10. The first-order valence-electron chi connectivity index (χ1n) is 8.13. The van der Waals surface area contributed by atoms with Gasteiger partial charge in [-0.2, -0.15) is 0 Å². The van der Waals surface area contributed by atoms with Gasteiger partial charge in [0.15, 0.2) is 5.13 Å². The lowest BCUT2D eigenvalue weighted by molar-refractivity contribution is 0.102. The second-order valence-electron chi connectivity index (χ2n) is 5.75. The van der Waals surface area contributed by atoms with Gasteiger partial charge in [0.25, 0.3) is 5.91 Å². The summed E-state index contributed by atoms with van der Waals surface area (Å²) < 4.78 is 15.8. The number of amides is 1. The topological polar surface area (TPSA) is 59.8 Å². The lowest BCUT2D eigenvalue weighted by Gasteiger charge is -2.07. The fourth-order valence-corrected chi connectivity index (χ4v) is 3.60. The summed E-state index contributed by atoms with van der Waals surface area (Å²) in [7, 11) is 0. The highest BCUT2D eigenvalue weighted by atomic mass is 32.1. The number of thiazole rings is 1. The second kappa shape index (κ2) is 6.68. The summed E-state index contributed by atoms with van der Waals surface area (Å²) in [5.41, 5.74) is 3.10. The maximum Gasteiger partial charge on any atom is 0.276 e. The molecule has 4 rings (SSSR count). The third kappa shape index (κ3) is 3.09. The molecular weight excluding hydrogens is 351 g/mol. The molecular formula is C19H15FN4OS. The monoisotopic (exact) mass is 366 g/mol. The molecule has 0 radical (unpaired) electrons. The van der Waals surface area contributed by atoms with E-state index in [0.29, 0.717) is 16.5 Å². The molecule has 2 heterocycles. The Morgan fingerprint density at radius 3 is 2.81 bits per heavy atom. The Labute approximate surface area is 153 Å². The predicted octanol–water partition coefficient (Wildman–Crippen LogP) is 4.44. The van der Waals surface area contributed by atoms with Crippen LogP contribution in [0.3, 0.4) is 0 Å². The van der Waals surface area contributed by atoms with Gasteiger partial charge in [0.05, 0.1) is 22.7 Å². The number of halogens is 1. The van der Waals surface area contributed by atoms with Crippen molar-refractivity contribution in [3.05, 3.63) is 72.1 Å². The maximum atomic E-state index is 13.1. The number of carbonyl (C=O) groups is 1. The van der Waals surface area contributed by atoms with E-state index in [-0.39, 0.29) is 11.7 Å². The molecule has 7 heteroatoms. The quantitative estimate of drug-likeness (QED) is 0.581. The minimum Gasteiger partial charge on any atom is -0.296 e. The summed E-state index contributed by atoms with van der Waals surface area (Å²) in [6, 6.07) is 12.0. The Kier molecular flexibility index (Phi) is 4.22. The number of hydrogen-bond donors (Lipinski definition) is 1. The van der Waals surface area contributed by atoms with Crippen molar-refractivity contribution >= 4 is 32.6 Å². The van der Waals surface area contributed by atoms with Crippen molar-refractivity contribution in [2.24, 2.45) is 0 Å². The highest BCUT2D eigenvalue weighted by Gasteiger charge is 2.15. The highest BCUT2D eigenvalue weighted by Crippen LogP contribution is 2.27. The number of aromatic nitrogens is 3. The van der Waals surface area contributed by atoms with E-state index in [4.69, 9.17) is 0 Å². The van der Waals surface area contributed by atoms with Crippen molar-refractivity contribution < 1.29 is 9.18 Å². The summed E-state index contributed by atoms with van der Waals surface area (Å²) >= 11 is 1.43. The molecule has 26 heavy (non-hydrogen) atoms. The summed E-state index contributed by atoms with van der Waals surface area (Å²) in [5, 5.41) is 3.36. The number of nitrogens with zero attached hydrogens (tertiary/aromatic N) is 3. The van der Waals surface area contributed by atoms with Gasteiger partial charge in [0, 0.05) is 5.69 Å². The van der Waals surface area contributed by atoms with E-state index in [9.17, 15) is 9.18 Å². The molecule has 0 unspecified atom stereocenters. The lowest BCUT2D eigenvalue weighted by atomic mass is 10.2. The first kappa shape index (κ1) is 16.4. The molecule has 0 saturated heterocycles. The van der Waals surface area contributed by atoms with E-state index in [1.165, 1.54) is 41.6 Å². The average molecular weight is 366 g/mol. The minimum atomic E-state index is -0.333. The Bertz CT molecular complexity index is 1080. The van der Waals surface area contributed by atoms with E-state index in [2.05, 4.69) is 28.3 Å². The number of anilines is 1. The van der Waals surface area contributed by atoms with Gasteiger partial charge in [-0.15, -0.1) is 0 Å².